The average Bonchev–Trinajstić information content (AvgIpc) is 2.38. The number of halogens is 2. The Morgan fingerprint density at radius 3 is 2.63 bits per heavy atom. The minimum atomic E-state index is -0.0114. The third-order valence-corrected chi connectivity index (χ3v) is 3.38. The molecule has 4 heteroatoms. The van der Waals surface area contributed by atoms with Crippen LogP contribution in [0, 0.1) is 0 Å². The van der Waals surface area contributed by atoms with Crippen LogP contribution in [0.5, 0.6) is 5.75 Å². The van der Waals surface area contributed by atoms with Gasteiger partial charge in [-0.2, -0.15) is 0 Å². The number of rotatable bonds is 4. The zero-order valence-corrected chi connectivity index (χ0v) is 12.1. The zero-order chi connectivity index (χ0) is 13.8. The molecule has 0 radical (unpaired) electrons. The van der Waals surface area contributed by atoms with Gasteiger partial charge in [0.05, 0.1) is 0 Å². The van der Waals surface area contributed by atoms with E-state index in [9.17, 15) is 0 Å². The molecule has 0 aliphatic rings. The van der Waals surface area contributed by atoms with Crippen LogP contribution < -0.4 is 10.5 Å². The predicted octanol–water partition coefficient (Wildman–Crippen LogP) is 4.59. The lowest BCUT2D eigenvalue weighted by Crippen LogP contribution is -2.05. The minimum absolute atomic E-state index is 0.0114. The molecule has 2 nitrogen and oxygen atoms in total. The van der Waals surface area contributed by atoms with E-state index >= 15 is 0 Å². The van der Waals surface area contributed by atoms with Gasteiger partial charge in [0.2, 0.25) is 0 Å². The molecule has 0 spiro atoms. The molecule has 1 atom stereocenters. The lowest BCUT2D eigenvalue weighted by Gasteiger charge is -2.11. The minimum Gasteiger partial charge on any atom is -0.489 e. The van der Waals surface area contributed by atoms with Crippen LogP contribution in [0.25, 0.3) is 0 Å². The summed E-state index contributed by atoms with van der Waals surface area (Å²) < 4.78 is 5.72. The highest BCUT2D eigenvalue weighted by atomic mass is 35.5. The maximum atomic E-state index is 6.09. The molecule has 0 aromatic heterocycles. The molecule has 19 heavy (non-hydrogen) atoms. The van der Waals surface area contributed by atoms with Crippen molar-refractivity contribution >= 4 is 23.2 Å². The Bertz CT molecular complexity index is 570. The molecule has 0 heterocycles. The van der Waals surface area contributed by atoms with Crippen LogP contribution in [0.15, 0.2) is 42.5 Å². The lowest BCUT2D eigenvalue weighted by atomic mass is 10.1. The monoisotopic (exact) mass is 295 g/mol. The van der Waals surface area contributed by atoms with Gasteiger partial charge in [0.25, 0.3) is 0 Å². The highest BCUT2D eigenvalue weighted by molar-refractivity contribution is 6.35. The lowest BCUT2D eigenvalue weighted by molar-refractivity contribution is 0.306. The van der Waals surface area contributed by atoms with Gasteiger partial charge in [0, 0.05) is 21.7 Å². The van der Waals surface area contributed by atoms with Gasteiger partial charge in [-0.1, -0.05) is 41.4 Å². The second-order valence-electron chi connectivity index (χ2n) is 4.39. The highest BCUT2D eigenvalue weighted by Crippen LogP contribution is 2.23. The number of hydrogen-bond acceptors (Lipinski definition) is 2. The molecule has 0 fully saturated rings. The van der Waals surface area contributed by atoms with Gasteiger partial charge in [0.15, 0.2) is 0 Å². The van der Waals surface area contributed by atoms with Gasteiger partial charge in [-0.25, -0.2) is 0 Å². The van der Waals surface area contributed by atoms with Crippen molar-refractivity contribution < 1.29 is 4.74 Å². The van der Waals surface area contributed by atoms with Gasteiger partial charge in [-0.15, -0.1) is 0 Å². The fourth-order valence-electron chi connectivity index (χ4n) is 1.69. The van der Waals surface area contributed by atoms with Crippen LogP contribution in [0.1, 0.15) is 24.1 Å². The van der Waals surface area contributed by atoms with E-state index in [0.717, 1.165) is 16.9 Å². The third kappa shape index (κ3) is 3.87. The molecule has 2 aromatic carbocycles. The van der Waals surface area contributed by atoms with E-state index in [0.29, 0.717) is 16.7 Å². The quantitative estimate of drug-likeness (QED) is 0.895. The Morgan fingerprint density at radius 1 is 1.16 bits per heavy atom. The summed E-state index contributed by atoms with van der Waals surface area (Å²) in [4.78, 5) is 0. The first-order valence-corrected chi connectivity index (χ1v) is 6.74. The van der Waals surface area contributed by atoms with Crippen molar-refractivity contribution in [3.8, 4) is 5.75 Å². The molecule has 0 saturated heterocycles. The molecule has 100 valence electrons. The SMILES string of the molecule is C[C@H](N)c1cccc(OCc2ccc(Cl)cc2Cl)c1. The van der Waals surface area contributed by atoms with Crippen LogP contribution >= 0.6 is 23.2 Å². The second-order valence-corrected chi connectivity index (χ2v) is 5.23. The molecule has 0 amide bonds. The van der Waals surface area contributed by atoms with E-state index in [1.54, 1.807) is 12.1 Å². The summed E-state index contributed by atoms with van der Waals surface area (Å²) in [5, 5.41) is 1.23. The smallest absolute Gasteiger partial charge is 0.120 e. The zero-order valence-electron chi connectivity index (χ0n) is 10.6. The van der Waals surface area contributed by atoms with Gasteiger partial charge < -0.3 is 10.5 Å². The van der Waals surface area contributed by atoms with Crippen molar-refractivity contribution in [1.82, 2.24) is 0 Å². The average molecular weight is 296 g/mol. The largest absolute Gasteiger partial charge is 0.489 e. The summed E-state index contributed by atoms with van der Waals surface area (Å²) >= 11 is 11.9. The molecule has 2 aromatic rings. The van der Waals surface area contributed by atoms with Crippen LogP contribution in [0.3, 0.4) is 0 Å². The summed E-state index contributed by atoms with van der Waals surface area (Å²) in [6.45, 7) is 2.34. The second kappa shape index (κ2) is 6.29. The maximum Gasteiger partial charge on any atom is 0.120 e. The summed E-state index contributed by atoms with van der Waals surface area (Å²) in [7, 11) is 0. The van der Waals surface area contributed by atoms with Crippen LogP contribution in [0.2, 0.25) is 10.0 Å². The van der Waals surface area contributed by atoms with Gasteiger partial charge in [-0.3, -0.25) is 0 Å². The van der Waals surface area contributed by atoms with Gasteiger partial charge in [0.1, 0.15) is 12.4 Å². The molecule has 2 rings (SSSR count). The van der Waals surface area contributed by atoms with Crippen molar-refractivity contribution in [1.29, 1.82) is 0 Å². The van der Waals surface area contributed by atoms with Crippen LogP contribution in [0.4, 0.5) is 0 Å². The maximum absolute atomic E-state index is 6.09. The van der Waals surface area contributed by atoms with Crippen LogP contribution in [-0.2, 0) is 6.61 Å². The molecule has 0 saturated carbocycles. The molecular weight excluding hydrogens is 281 g/mol. The first kappa shape index (κ1) is 14.2. The molecule has 0 aliphatic heterocycles. The van der Waals surface area contributed by atoms with Crippen molar-refractivity contribution in [3.63, 3.8) is 0 Å². The topological polar surface area (TPSA) is 35.2 Å². The number of nitrogens with two attached hydrogens (primary N) is 1. The standard InChI is InChI=1S/C15H15Cl2NO/c1-10(18)11-3-2-4-14(7-11)19-9-12-5-6-13(16)8-15(12)17/h2-8,10H,9,18H2,1H3/t10-/m0/s1. The Morgan fingerprint density at radius 2 is 1.95 bits per heavy atom. The van der Waals surface area contributed by atoms with Crippen molar-refractivity contribution in [3.05, 3.63) is 63.6 Å². The van der Waals surface area contributed by atoms with Gasteiger partial charge in [-0.05, 0) is 36.8 Å². The van der Waals surface area contributed by atoms with Crippen molar-refractivity contribution in [2.24, 2.45) is 5.73 Å². The normalized spacial score (nSPS) is 12.2. The summed E-state index contributed by atoms with van der Waals surface area (Å²) in [6, 6.07) is 13.1. The molecule has 0 aliphatic carbocycles. The Hall–Kier alpha value is -1.22. The number of benzene rings is 2. The van der Waals surface area contributed by atoms with E-state index in [-0.39, 0.29) is 6.04 Å². The van der Waals surface area contributed by atoms with E-state index in [4.69, 9.17) is 33.7 Å². The number of ether oxygens (including phenoxy) is 1. The van der Waals surface area contributed by atoms with E-state index in [1.807, 2.05) is 37.3 Å². The van der Waals surface area contributed by atoms with Crippen molar-refractivity contribution in [2.75, 3.05) is 0 Å². The predicted molar refractivity (Wildman–Crippen MR) is 79.8 cm³/mol. The summed E-state index contributed by atoms with van der Waals surface area (Å²) in [6.07, 6.45) is 0. The molecule has 0 bridgehead atoms. The Kier molecular flexibility index (Phi) is 4.70. The van der Waals surface area contributed by atoms with Gasteiger partial charge >= 0.3 is 0 Å². The van der Waals surface area contributed by atoms with E-state index in [1.165, 1.54) is 0 Å². The fraction of sp³-hybridized carbons (Fsp3) is 0.200. The first-order valence-electron chi connectivity index (χ1n) is 5.98. The molecular formula is C15H15Cl2NO. The van der Waals surface area contributed by atoms with Crippen molar-refractivity contribution in [2.45, 2.75) is 19.6 Å². The molecule has 2 N–H and O–H groups in total. The Labute approximate surface area is 123 Å². The van der Waals surface area contributed by atoms with E-state index in [2.05, 4.69) is 0 Å². The molecule has 0 unspecified atom stereocenters. The third-order valence-electron chi connectivity index (χ3n) is 2.79. The van der Waals surface area contributed by atoms with Crippen LogP contribution in [-0.4, -0.2) is 0 Å². The summed E-state index contributed by atoms with van der Waals surface area (Å²) in [5.74, 6) is 0.779. The highest BCUT2D eigenvalue weighted by Gasteiger charge is 2.04. The summed E-state index contributed by atoms with van der Waals surface area (Å²) in [5.41, 5.74) is 7.78. The van der Waals surface area contributed by atoms with E-state index < -0.39 is 0 Å². The first-order chi connectivity index (χ1) is 9.06. The number of hydrogen-bond donors (Lipinski definition) is 1. The fourth-order valence-corrected chi connectivity index (χ4v) is 2.15. The Balaban J connectivity index is 2.08.